The fraction of sp³-hybridized carbons (Fsp3) is 0.447. The van der Waals surface area contributed by atoms with Crippen LogP contribution < -0.4 is 10.6 Å². The number of carbonyl (C=O) groups excluding carboxylic acids is 2. The minimum Gasteiger partial charge on any atom is -0.392 e. The summed E-state index contributed by atoms with van der Waals surface area (Å²) in [5.74, 6) is 0.608. The van der Waals surface area contributed by atoms with Gasteiger partial charge in [-0.15, -0.1) is 0 Å². The van der Waals surface area contributed by atoms with Crippen LogP contribution in [0.1, 0.15) is 111 Å². The third-order valence-electron chi connectivity index (χ3n) is 11.8. The molecule has 0 bridgehead atoms. The summed E-state index contributed by atoms with van der Waals surface area (Å²) in [5, 5.41) is 16.1. The molecule has 3 fully saturated rings. The maximum absolute atomic E-state index is 13.9. The second-order valence-corrected chi connectivity index (χ2v) is 16.8. The summed E-state index contributed by atoms with van der Waals surface area (Å²) in [4.78, 5) is 29.2. The topological polar surface area (TPSA) is 100 Å². The first kappa shape index (κ1) is 38.9. The molecule has 8 heteroatoms. The van der Waals surface area contributed by atoms with E-state index in [9.17, 15) is 14.7 Å². The predicted molar refractivity (Wildman–Crippen MR) is 216 cm³/mol. The predicted octanol–water partition coefficient (Wildman–Crippen LogP) is 8.51. The molecule has 7 unspecified atom stereocenters. The summed E-state index contributed by atoms with van der Waals surface area (Å²) in [7, 11) is 0. The van der Waals surface area contributed by atoms with Crippen LogP contribution in [-0.2, 0) is 27.4 Å². The first-order valence-electron chi connectivity index (χ1n) is 20.2. The average Bonchev–Trinajstić information content (AvgIpc) is 3.20. The highest BCUT2D eigenvalue weighted by Crippen LogP contribution is 2.44. The highest BCUT2D eigenvalue weighted by Gasteiger charge is 2.46. The minimum absolute atomic E-state index is 0.00349. The molecular weight excluding hydrogens is 687 g/mol. The number of likely N-dealkylation sites (tertiary alicyclic amines) is 1. The lowest BCUT2D eigenvalue weighted by molar-refractivity contribution is -0.278. The maximum atomic E-state index is 13.9. The van der Waals surface area contributed by atoms with Gasteiger partial charge in [-0.25, -0.2) is 0 Å². The lowest BCUT2D eigenvalue weighted by atomic mass is 9.75. The number of piperidine rings is 1. The molecule has 1 aliphatic carbocycles. The van der Waals surface area contributed by atoms with Gasteiger partial charge in [0.2, 0.25) is 5.91 Å². The average molecular weight is 744 g/mol. The lowest BCUT2D eigenvalue weighted by Gasteiger charge is -2.51. The van der Waals surface area contributed by atoms with Crippen molar-refractivity contribution in [3.63, 3.8) is 0 Å². The Balaban J connectivity index is 1.15. The fourth-order valence-corrected chi connectivity index (χ4v) is 8.91. The van der Waals surface area contributed by atoms with Crippen molar-refractivity contribution in [3.8, 4) is 11.1 Å². The van der Waals surface area contributed by atoms with Crippen molar-refractivity contribution in [2.45, 2.75) is 115 Å². The molecule has 290 valence electrons. The molecule has 7 rings (SSSR count). The van der Waals surface area contributed by atoms with E-state index >= 15 is 0 Å². The molecule has 0 spiro atoms. The van der Waals surface area contributed by atoms with Gasteiger partial charge in [-0.1, -0.05) is 111 Å². The zero-order chi connectivity index (χ0) is 38.5. The summed E-state index contributed by atoms with van der Waals surface area (Å²) in [6.45, 7) is 9.40. The lowest BCUT2D eigenvalue weighted by Crippen LogP contribution is -2.61. The van der Waals surface area contributed by atoms with Crippen LogP contribution in [0.3, 0.4) is 0 Å². The number of nitrogens with zero attached hydrogens (tertiary/aromatic N) is 1. The summed E-state index contributed by atoms with van der Waals surface area (Å²) in [5.41, 5.74) is 6.26. The Morgan fingerprint density at radius 1 is 0.800 bits per heavy atom. The Labute approximate surface area is 326 Å². The van der Waals surface area contributed by atoms with Crippen molar-refractivity contribution < 1.29 is 24.2 Å². The number of fused-ring (bicyclic) bond motifs is 1. The van der Waals surface area contributed by atoms with Crippen molar-refractivity contribution in [2.75, 3.05) is 6.54 Å². The van der Waals surface area contributed by atoms with Crippen LogP contribution in [0.5, 0.6) is 0 Å². The smallest absolute Gasteiger partial charge is 0.251 e. The van der Waals surface area contributed by atoms with Gasteiger partial charge in [0.05, 0.1) is 24.9 Å². The molecule has 2 heterocycles. The van der Waals surface area contributed by atoms with Gasteiger partial charge < -0.3 is 25.2 Å². The summed E-state index contributed by atoms with van der Waals surface area (Å²) >= 11 is 0. The molecule has 55 heavy (non-hydrogen) atoms. The van der Waals surface area contributed by atoms with E-state index in [1.54, 1.807) is 0 Å². The van der Waals surface area contributed by atoms with Crippen molar-refractivity contribution in [1.29, 1.82) is 0 Å². The first-order valence-corrected chi connectivity index (χ1v) is 20.2. The van der Waals surface area contributed by atoms with Gasteiger partial charge in [0.25, 0.3) is 5.91 Å². The number of hydrogen-bond donors (Lipinski definition) is 3. The maximum Gasteiger partial charge on any atom is 0.251 e. The summed E-state index contributed by atoms with van der Waals surface area (Å²) in [6.07, 6.45) is 5.65. The Bertz CT molecular complexity index is 1890. The molecule has 1 saturated carbocycles. The van der Waals surface area contributed by atoms with Gasteiger partial charge in [-0.3, -0.25) is 14.5 Å². The number of carbonyl (C=O) groups is 2. The monoisotopic (exact) mass is 743 g/mol. The van der Waals surface area contributed by atoms with Crippen LogP contribution in [-0.4, -0.2) is 52.1 Å². The van der Waals surface area contributed by atoms with Gasteiger partial charge in [0, 0.05) is 41.7 Å². The molecule has 4 aromatic rings. The molecule has 8 nitrogen and oxygen atoms in total. The molecule has 2 saturated heterocycles. The number of rotatable bonds is 10. The van der Waals surface area contributed by atoms with Crippen LogP contribution in [0.25, 0.3) is 11.1 Å². The summed E-state index contributed by atoms with van der Waals surface area (Å²) in [6, 6.07) is 34.0. The molecule has 0 aromatic heterocycles. The van der Waals surface area contributed by atoms with E-state index in [1.807, 2.05) is 60.7 Å². The van der Waals surface area contributed by atoms with Gasteiger partial charge in [-0.2, -0.15) is 0 Å². The first-order chi connectivity index (χ1) is 26.6. The van der Waals surface area contributed by atoms with E-state index < -0.39 is 6.29 Å². The molecule has 3 aliphatic rings. The Morgan fingerprint density at radius 3 is 2.22 bits per heavy atom. The van der Waals surface area contributed by atoms with Gasteiger partial charge in [0.15, 0.2) is 6.29 Å². The van der Waals surface area contributed by atoms with E-state index in [1.165, 1.54) is 19.3 Å². The van der Waals surface area contributed by atoms with Crippen LogP contribution in [0.15, 0.2) is 103 Å². The van der Waals surface area contributed by atoms with Crippen molar-refractivity contribution in [3.05, 3.63) is 131 Å². The Kier molecular flexibility index (Phi) is 12.2. The zero-order valence-electron chi connectivity index (χ0n) is 32.7. The quantitative estimate of drug-likeness (QED) is 0.151. The fourth-order valence-electron chi connectivity index (χ4n) is 8.91. The molecule has 3 N–H and O–H groups in total. The molecule has 4 aromatic carbocycles. The van der Waals surface area contributed by atoms with Crippen molar-refractivity contribution in [2.24, 2.45) is 11.8 Å². The normalized spacial score (nSPS) is 25.8. The highest BCUT2D eigenvalue weighted by atomic mass is 16.7. The second-order valence-electron chi connectivity index (χ2n) is 16.8. The number of ether oxygens (including phenoxy) is 2. The number of aliphatic hydroxyl groups is 1. The van der Waals surface area contributed by atoms with Gasteiger partial charge in [0.1, 0.15) is 0 Å². The number of nitrogens with one attached hydrogen (secondary N) is 2. The van der Waals surface area contributed by atoms with Gasteiger partial charge in [-0.05, 0) is 92.3 Å². The second kappa shape index (κ2) is 17.2. The van der Waals surface area contributed by atoms with E-state index in [4.69, 9.17) is 9.47 Å². The highest BCUT2D eigenvalue weighted by molar-refractivity contribution is 5.94. The molecule has 2 amide bonds. The van der Waals surface area contributed by atoms with E-state index in [0.29, 0.717) is 30.6 Å². The van der Waals surface area contributed by atoms with E-state index in [0.717, 1.165) is 52.6 Å². The van der Waals surface area contributed by atoms with Crippen LogP contribution in [0, 0.1) is 11.8 Å². The van der Waals surface area contributed by atoms with E-state index in [-0.39, 0.29) is 48.1 Å². The van der Waals surface area contributed by atoms with Crippen molar-refractivity contribution >= 4 is 11.8 Å². The zero-order valence-corrected chi connectivity index (χ0v) is 32.7. The van der Waals surface area contributed by atoms with Crippen LogP contribution >= 0.6 is 0 Å². The Hall–Kier alpha value is -4.34. The van der Waals surface area contributed by atoms with Gasteiger partial charge >= 0.3 is 0 Å². The van der Waals surface area contributed by atoms with Crippen LogP contribution in [0.4, 0.5) is 0 Å². The molecule has 7 atom stereocenters. The summed E-state index contributed by atoms with van der Waals surface area (Å²) < 4.78 is 13.8. The number of aliphatic hydroxyl groups excluding tert-OH is 1. The number of hydrogen-bond acceptors (Lipinski definition) is 6. The molecular formula is C47H57N3O5. The largest absolute Gasteiger partial charge is 0.392 e. The third-order valence-corrected chi connectivity index (χ3v) is 11.8. The number of benzene rings is 4. The SMILES string of the molecule is CC1C(CN2C(C(=O)NC(C)(C)C)CCC3CCCCC32)OC(c2ccc(-c3ccccc3CNC(=O)c3ccccc3)cc2)OC1c1ccc(CO)cc1. The number of amides is 2. The van der Waals surface area contributed by atoms with Crippen molar-refractivity contribution in [1.82, 2.24) is 15.5 Å². The van der Waals surface area contributed by atoms with Crippen LogP contribution in [0.2, 0.25) is 0 Å². The minimum atomic E-state index is -0.619. The molecule has 0 radical (unpaired) electrons. The third kappa shape index (κ3) is 9.21. The molecule has 2 aliphatic heterocycles. The standard InChI is InChI=1S/C47H57N3O5/c1-31-42(29-50-40-17-11-9-12-34(40)26-27-41(50)45(53)49-47(2,3)4)54-46(55-43(31)35-20-18-32(30-51)19-21-35)37-24-22-33(23-25-37)39-16-10-8-15-38(39)28-48-44(52)36-13-6-5-7-14-36/h5-8,10,13-16,18-25,31,34,40-43,46,51H,9,11-12,17,26-30H2,1-4H3,(H,48,52)(H,49,53). The van der Waals surface area contributed by atoms with E-state index in [2.05, 4.69) is 85.7 Å². The Morgan fingerprint density at radius 2 is 1.49 bits per heavy atom.